The first-order valence-electron chi connectivity index (χ1n) is 11.5. The van der Waals surface area contributed by atoms with Gasteiger partial charge in [0, 0.05) is 51.4 Å². The van der Waals surface area contributed by atoms with Crippen molar-refractivity contribution in [2.24, 2.45) is 0 Å². The number of benzene rings is 1. The van der Waals surface area contributed by atoms with Crippen molar-refractivity contribution in [3.8, 4) is 0 Å². The largest absolute Gasteiger partial charge is 0.419 e. The van der Waals surface area contributed by atoms with E-state index in [0.717, 1.165) is 36.0 Å². The molecule has 5 rings (SSSR count). The summed E-state index contributed by atoms with van der Waals surface area (Å²) in [5.41, 5.74) is 3.84. The van der Waals surface area contributed by atoms with Crippen LogP contribution in [0, 0.1) is 0 Å². The van der Waals surface area contributed by atoms with Gasteiger partial charge in [0.05, 0.1) is 11.3 Å². The van der Waals surface area contributed by atoms with Crippen LogP contribution in [-0.4, -0.2) is 48.2 Å². The standard InChI is InChI=1S/C25H27F3N6/c1-33(2)24-31-21-10-13-34(23-20(25(26,27)28)8-5-11-29-23)12-9-19(21)22(32-24)30-18-14-16-6-3-4-7-17(16)15-18/h3-8,11,18H,9-10,12-15H2,1-2H3,(H,30,31,32). The van der Waals surface area contributed by atoms with E-state index in [1.54, 1.807) is 4.90 Å². The lowest BCUT2D eigenvalue weighted by Crippen LogP contribution is -2.29. The topological polar surface area (TPSA) is 57.2 Å². The van der Waals surface area contributed by atoms with Crippen LogP contribution < -0.4 is 15.1 Å². The number of pyridine rings is 1. The van der Waals surface area contributed by atoms with E-state index in [0.29, 0.717) is 31.9 Å². The summed E-state index contributed by atoms with van der Waals surface area (Å²) in [7, 11) is 3.78. The fourth-order valence-electron chi connectivity index (χ4n) is 4.84. The molecule has 0 atom stereocenters. The summed E-state index contributed by atoms with van der Waals surface area (Å²) in [5.74, 6) is 1.36. The molecule has 3 aromatic rings. The number of rotatable bonds is 4. The minimum absolute atomic E-state index is 0.0237. The van der Waals surface area contributed by atoms with Crippen molar-refractivity contribution < 1.29 is 13.2 Å². The quantitative estimate of drug-likeness (QED) is 0.621. The Morgan fingerprint density at radius 3 is 2.35 bits per heavy atom. The van der Waals surface area contributed by atoms with Gasteiger partial charge in [-0.3, -0.25) is 0 Å². The molecule has 1 aliphatic carbocycles. The van der Waals surface area contributed by atoms with Crippen LogP contribution in [0.5, 0.6) is 0 Å². The predicted molar refractivity (Wildman–Crippen MR) is 126 cm³/mol. The summed E-state index contributed by atoms with van der Waals surface area (Å²) >= 11 is 0. The zero-order chi connectivity index (χ0) is 23.9. The average Bonchev–Trinajstić information content (AvgIpc) is 3.08. The second-order valence-electron chi connectivity index (χ2n) is 9.07. The van der Waals surface area contributed by atoms with Gasteiger partial charge >= 0.3 is 6.18 Å². The van der Waals surface area contributed by atoms with Gasteiger partial charge in [0.25, 0.3) is 0 Å². The Morgan fingerprint density at radius 2 is 1.68 bits per heavy atom. The molecule has 2 aromatic heterocycles. The molecule has 0 saturated heterocycles. The first kappa shape index (κ1) is 22.4. The van der Waals surface area contributed by atoms with Crippen molar-refractivity contribution in [1.82, 2.24) is 15.0 Å². The molecule has 3 heterocycles. The number of anilines is 3. The number of hydrogen-bond acceptors (Lipinski definition) is 6. The van der Waals surface area contributed by atoms with Crippen LogP contribution in [0.15, 0.2) is 42.6 Å². The van der Waals surface area contributed by atoms with E-state index in [4.69, 9.17) is 9.97 Å². The van der Waals surface area contributed by atoms with Crippen molar-refractivity contribution in [2.75, 3.05) is 42.3 Å². The maximum Gasteiger partial charge on any atom is 0.419 e. The van der Waals surface area contributed by atoms with Gasteiger partial charge in [0.15, 0.2) is 0 Å². The molecular formula is C25H27F3N6. The molecule has 0 unspecified atom stereocenters. The minimum Gasteiger partial charge on any atom is -0.366 e. The number of nitrogens with one attached hydrogen (secondary N) is 1. The highest BCUT2D eigenvalue weighted by atomic mass is 19.4. The van der Waals surface area contributed by atoms with Crippen LogP contribution in [0.2, 0.25) is 0 Å². The highest BCUT2D eigenvalue weighted by Crippen LogP contribution is 2.36. The van der Waals surface area contributed by atoms with Crippen LogP contribution in [0.1, 0.15) is 27.9 Å². The lowest BCUT2D eigenvalue weighted by molar-refractivity contribution is -0.137. The van der Waals surface area contributed by atoms with Crippen LogP contribution in [0.4, 0.5) is 30.8 Å². The van der Waals surface area contributed by atoms with Gasteiger partial charge in [-0.1, -0.05) is 24.3 Å². The number of fused-ring (bicyclic) bond motifs is 2. The molecular weight excluding hydrogens is 441 g/mol. The third-order valence-electron chi connectivity index (χ3n) is 6.51. The number of halogens is 3. The smallest absolute Gasteiger partial charge is 0.366 e. The number of aromatic nitrogens is 3. The molecule has 1 aliphatic heterocycles. The highest BCUT2D eigenvalue weighted by Gasteiger charge is 2.36. The lowest BCUT2D eigenvalue weighted by atomic mass is 10.1. The highest BCUT2D eigenvalue weighted by molar-refractivity contribution is 5.56. The summed E-state index contributed by atoms with van der Waals surface area (Å²) in [5, 5.41) is 3.64. The van der Waals surface area contributed by atoms with E-state index in [1.165, 1.54) is 23.4 Å². The third-order valence-corrected chi connectivity index (χ3v) is 6.51. The van der Waals surface area contributed by atoms with Crippen molar-refractivity contribution >= 4 is 17.6 Å². The van der Waals surface area contributed by atoms with E-state index in [-0.39, 0.29) is 11.9 Å². The van der Waals surface area contributed by atoms with Crippen LogP contribution >= 0.6 is 0 Å². The van der Waals surface area contributed by atoms with Gasteiger partial charge in [-0.15, -0.1) is 0 Å². The second kappa shape index (κ2) is 8.77. The molecule has 6 nitrogen and oxygen atoms in total. The molecule has 1 aromatic carbocycles. The average molecular weight is 469 g/mol. The molecule has 0 spiro atoms. The SMILES string of the molecule is CN(C)c1nc2c(c(NC3Cc4ccccc4C3)n1)CCN(c1ncccc1C(F)(F)F)CC2. The Balaban J connectivity index is 1.43. The first-order chi connectivity index (χ1) is 16.3. The van der Waals surface area contributed by atoms with Crippen LogP contribution in [0.3, 0.4) is 0 Å². The van der Waals surface area contributed by atoms with Crippen LogP contribution in [-0.2, 0) is 31.9 Å². The molecule has 0 saturated carbocycles. The second-order valence-corrected chi connectivity index (χ2v) is 9.07. The zero-order valence-corrected chi connectivity index (χ0v) is 19.2. The molecule has 34 heavy (non-hydrogen) atoms. The molecule has 9 heteroatoms. The van der Waals surface area contributed by atoms with Gasteiger partial charge in [-0.25, -0.2) is 9.97 Å². The number of hydrogen-bond donors (Lipinski definition) is 1. The summed E-state index contributed by atoms with van der Waals surface area (Å²) in [6, 6.07) is 11.1. The molecule has 0 fully saturated rings. The molecule has 1 N–H and O–H groups in total. The summed E-state index contributed by atoms with van der Waals surface area (Å²) in [4.78, 5) is 17.2. The molecule has 0 radical (unpaired) electrons. The van der Waals surface area contributed by atoms with Gasteiger partial charge < -0.3 is 15.1 Å². The monoisotopic (exact) mass is 468 g/mol. The Hall–Kier alpha value is -3.36. The Kier molecular flexibility index (Phi) is 5.79. The van der Waals surface area contributed by atoms with Crippen molar-refractivity contribution in [2.45, 2.75) is 37.9 Å². The lowest BCUT2D eigenvalue weighted by Gasteiger charge is -2.24. The molecule has 178 valence electrons. The van der Waals surface area contributed by atoms with Crippen molar-refractivity contribution in [3.63, 3.8) is 0 Å². The van der Waals surface area contributed by atoms with Crippen molar-refractivity contribution in [1.29, 1.82) is 0 Å². The number of alkyl halides is 3. The minimum atomic E-state index is -4.45. The third kappa shape index (κ3) is 4.38. The Labute approximate surface area is 196 Å². The van der Waals surface area contributed by atoms with Gasteiger partial charge in [-0.2, -0.15) is 18.2 Å². The zero-order valence-electron chi connectivity index (χ0n) is 19.2. The summed E-state index contributed by atoms with van der Waals surface area (Å²) in [6.07, 6.45) is -0.143. The van der Waals surface area contributed by atoms with Crippen molar-refractivity contribution in [3.05, 3.63) is 70.5 Å². The Morgan fingerprint density at radius 1 is 0.971 bits per heavy atom. The fourth-order valence-corrected chi connectivity index (χ4v) is 4.84. The molecule has 2 aliphatic rings. The van der Waals surface area contributed by atoms with E-state index in [1.807, 2.05) is 19.0 Å². The molecule has 0 bridgehead atoms. The predicted octanol–water partition coefficient (Wildman–Crippen LogP) is 4.14. The number of nitrogens with zero attached hydrogens (tertiary/aromatic N) is 5. The normalized spacial score (nSPS) is 16.1. The van der Waals surface area contributed by atoms with E-state index in [9.17, 15) is 13.2 Å². The van der Waals surface area contributed by atoms with Crippen LogP contribution in [0.25, 0.3) is 0 Å². The maximum absolute atomic E-state index is 13.6. The van der Waals surface area contributed by atoms with E-state index < -0.39 is 11.7 Å². The fraction of sp³-hybridized carbons (Fsp3) is 0.400. The van der Waals surface area contributed by atoms with E-state index in [2.05, 4.69) is 34.6 Å². The Bertz CT molecular complexity index is 1170. The maximum atomic E-state index is 13.6. The van der Waals surface area contributed by atoms with E-state index >= 15 is 0 Å². The van der Waals surface area contributed by atoms with Gasteiger partial charge in [-0.05, 0) is 42.5 Å². The van der Waals surface area contributed by atoms with Gasteiger partial charge in [0.1, 0.15) is 11.6 Å². The summed E-state index contributed by atoms with van der Waals surface area (Å²) < 4.78 is 40.8. The summed E-state index contributed by atoms with van der Waals surface area (Å²) in [6.45, 7) is 0.822. The molecule has 0 amide bonds. The first-order valence-corrected chi connectivity index (χ1v) is 11.5. The van der Waals surface area contributed by atoms with Gasteiger partial charge in [0.2, 0.25) is 5.95 Å².